The maximum absolute atomic E-state index is 11.6. The van der Waals surface area contributed by atoms with E-state index in [9.17, 15) is 18.6 Å². The van der Waals surface area contributed by atoms with Gasteiger partial charge in [-0.15, -0.1) is 0 Å². The average molecular weight is 407 g/mol. The maximum Gasteiger partial charge on any atom is 0.229 e. The first-order chi connectivity index (χ1) is 13.8. The highest BCUT2D eigenvalue weighted by molar-refractivity contribution is 7.92. The van der Waals surface area contributed by atoms with Gasteiger partial charge in [-0.3, -0.25) is 4.72 Å². The Morgan fingerprint density at radius 2 is 1.59 bits per heavy atom. The molecule has 3 aromatic rings. The van der Waals surface area contributed by atoms with Gasteiger partial charge in [-0.2, -0.15) is 0 Å². The fourth-order valence-electron chi connectivity index (χ4n) is 3.72. The van der Waals surface area contributed by atoms with Crippen LogP contribution in [0.25, 0.3) is 11.6 Å². The average Bonchev–Trinajstić information content (AvgIpc) is 2.79. The van der Waals surface area contributed by atoms with Crippen molar-refractivity contribution in [3.8, 4) is 11.5 Å². The van der Waals surface area contributed by atoms with E-state index in [0.717, 1.165) is 46.9 Å². The van der Waals surface area contributed by atoms with Crippen molar-refractivity contribution in [1.29, 1.82) is 0 Å². The van der Waals surface area contributed by atoms with Crippen LogP contribution < -0.4 is 4.72 Å². The van der Waals surface area contributed by atoms with Crippen LogP contribution >= 0.6 is 0 Å². The normalized spacial score (nSPS) is 14.7. The van der Waals surface area contributed by atoms with Crippen LogP contribution in [-0.2, 0) is 22.9 Å². The molecule has 6 heteroatoms. The minimum Gasteiger partial charge on any atom is -0.504 e. The molecule has 0 amide bonds. The number of phenolic OH excluding ortho intramolecular Hbond substituents is 2. The smallest absolute Gasteiger partial charge is 0.229 e. The van der Waals surface area contributed by atoms with E-state index in [1.165, 1.54) is 5.56 Å². The maximum atomic E-state index is 11.6. The van der Waals surface area contributed by atoms with Crippen LogP contribution in [0, 0.1) is 0 Å². The highest BCUT2D eigenvalue weighted by Crippen LogP contribution is 2.39. The summed E-state index contributed by atoms with van der Waals surface area (Å²) in [5.74, 6) is -0.296. The van der Waals surface area contributed by atoms with Crippen LogP contribution in [0.3, 0.4) is 0 Å². The number of benzene rings is 3. The minimum atomic E-state index is -3.37. The largest absolute Gasteiger partial charge is 0.504 e. The molecular weight excluding hydrogens is 386 g/mol. The Morgan fingerprint density at radius 3 is 2.38 bits per heavy atom. The summed E-state index contributed by atoms with van der Waals surface area (Å²) in [6.07, 6.45) is 4.66. The topological polar surface area (TPSA) is 86.6 Å². The first kappa shape index (κ1) is 19.1. The Balaban J connectivity index is 1.91. The number of phenols is 2. The highest BCUT2D eigenvalue weighted by Gasteiger charge is 2.20. The highest BCUT2D eigenvalue weighted by atomic mass is 32.2. The summed E-state index contributed by atoms with van der Waals surface area (Å²) >= 11 is 0. The van der Waals surface area contributed by atoms with Crippen LogP contribution in [0.1, 0.15) is 27.8 Å². The van der Waals surface area contributed by atoms with Crippen molar-refractivity contribution in [2.75, 3.05) is 11.0 Å². The molecule has 0 aliphatic heterocycles. The molecule has 1 aliphatic carbocycles. The Morgan fingerprint density at radius 1 is 0.862 bits per heavy atom. The molecule has 0 bridgehead atoms. The third kappa shape index (κ3) is 4.12. The molecule has 3 N–H and O–H groups in total. The van der Waals surface area contributed by atoms with Gasteiger partial charge in [0.25, 0.3) is 0 Å². The van der Waals surface area contributed by atoms with Gasteiger partial charge in [0.05, 0.1) is 6.26 Å². The summed E-state index contributed by atoms with van der Waals surface area (Å²) in [5.41, 5.74) is 6.26. The Labute approximate surface area is 170 Å². The van der Waals surface area contributed by atoms with Gasteiger partial charge < -0.3 is 10.2 Å². The number of aryl methyl sites for hydroxylation is 2. The van der Waals surface area contributed by atoms with E-state index in [4.69, 9.17) is 0 Å². The minimum absolute atomic E-state index is 0.131. The van der Waals surface area contributed by atoms with E-state index < -0.39 is 10.0 Å². The van der Waals surface area contributed by atoms with Crippen molar-refractivity contribution in [2.45, 2.75) is 12.8 Å². The summed E-state index contributed by atoms with van der Waals surface area (Å²) in [7, 11) is -3.37. The van der Waals surface area contributed by atoms with Gasteiger partial charge in [0.1, 0.15) is 0 Å². The monoisotopic (exact) mass is 407 g/mol. The van der Waals surface area contributed by atoms with Gasteiger partial charge in [-0.05, 0) is 76.6 Å². The molecule has 0 atom stereocenters. The lowest BCUT2D eigenvalue weighted by Gasteiger charge is -2.14. The number of hydrogen-bond donors (Lipinski definition) is 3. The summed E-state index contributed by atoms with van der Waals surface area (Å²) in [6.45, 7) is 0. The zero-order valence-electron chi connectivity index (χ0n) is 15.9. The molecule has 5 nitrogen and oxygen atoms in total. The number of rotatable bonds is 3. The van der Waals surface area contributed by atoms with Gasteiger partial charge in [-0.25, -0.2) is 8.42 Å². The summed E-state index contributed by atoms with van der Waals surface area (Å²) in [4.78, 5) is 0. The Bertz CT molecular complexity index is 1230. The van der Waals surface area contributed by atoms with E-state index in [-0.39, 0.29) is 11.5 Å². The third-order valence-electron chi connectivity index (χ3n) is 4.96. The van der Waals surface area contributed by atoms with Crippen LogP contribution in [-0.4, -0.2) is 24.9 Å². The molecule has 0 aromatic heterocycles. The number of nitrogens with one attached hydrogen (secondary N) is 1. The molecule has 1 aliphatic rings. The third-order valence-corrected chi connectivity index (χ3v) is 5.57. The zero-order chi connectivity index (χ0) is 20.6. The molecule has 0 saturated carbocycles. The van der Waals surface area contributed by atoms with E-state index in [1.807, 2.05) is 30.3 Å². The number of sulfonamides is 1. The van der Waals surface area contributed by atoms with E-state index in [1.54, 1.807) is 30.3 Å². The van der Waals surface area contributed by atoms with Gasteiger partial charge in [0.15, 0.2) is 11.5 Å². The number of hydrogen-bond acceptors (Lipinski definition) is 4. The number of aromatic hydroxyl groups is 2. The van der Waals surface area contributed by atoms with Gasteiger partial charge in [-0.1, -0.05) is 36.4 Å². The predicted octanol–water partition coefficient (Wildman–Crippen LogP) is 4.16. The lowest BCUT2D eigenvalue weighted by atomic mass is 9.92. The molecule has 0 unspecified atom stereocenters. The number of anilines is 1. The molecule has 0 spiro atoms. The Kier molecular flexibility index (Phi) is 4.80. The van der Waals surface area contributed by atoms with Crippen LogP contribution in [0.2, 0.25) is 0 Å². The SMILES string of the molecule is CS(=O)(=O)Nc1cccc(/C=C2\c3ccccc3CCc3cc(O)c(O)cc32)c1. The van der Waals surface area contributed by atoms with Crippen molar-refractivity contribution in [3.05, 3.63) is 88.5 Å². The first-order valence-corrected chi connectivity index (χ1v) is 11.1. The predicted molar refractivity (Wildman–Crippen MR) is 116 cm³/mol. The fraction of sp³-hybridized carbons (Fsp3) is 0.130. The summed E-state index contributed by atoms with van der Waals surface area (Å²) < 4.78 is 25.6. The van der Waals surface area contributed by atoms with Crippen LogP contribution in [0.5, 0.6) is 11.5 Å². The first-order valence-electron chi connectivity index (χ1n) is 9.23. The van der Waals surface area contributed by atoms with Crippen LogP contribution in [0.15, 0.2) is 60.7 Å². The van der Waals surface area contributed by atoms with Gasteiger partial charge in [0, 0.05) is 5.69 Å². The standard InChI is InChI=1S/C23H21NO4S/c1-29(27,28)24-18-7-4-5-15(11-18)12-21-19-8-3-2-6-16(19)9-10-17-13-22(25)23(26)14-20(17)21/h2-8,11-14,24-26H,9-10H2,1H3/b21-12+. The lowest BCUT2D eigenvalue weighted by Crippen LogP contribution is -2.09. The fourth-order valence-corrected chi connectivity index (χ4v) is 4.28. The molecule has 0 heterocycles. The molecule has 148 valence electrons. The molecule has 3 aromatic carbocycles. The van der Waals surface area contributed by atoms with Crippen LogP contribution in [0.4, 0.5) is 5.69 Å². The molecule has 0 saturated heterocycles. The molecular formula is C23H21NO4S. The quantitative estimate of drug-likeness (QED) is 0.569. The Hall–Kier alpha value is -3.25. The zero-order valence-corrected chi connectivity index (χ0v) is 16.7. The van der Waals surface area contributed by atoms with Gasteiger partial charge in [0.2, 0.25) is 10.0 Å². The lowest BCUT2D eigenvalue weighted by molar-refractivity contribution is 0.403. The summed E-state index contributed by atoms with van der Waals surface area (Å²) in [6, 6.07) is 18.4. The number of fused-ring (bicyclic) bond motifs is 2. The van der Waals surface area contributed by atoms with Crippen molar-refractivity contribution in [3.63, 3.8) is 0 Å². The molecule has 0 radical (unpaired) electrons. The molecule has 4 rings (SSSR count). The van der Waals surface area contributed by atoms with E-state index >= 15 is 0 Å². The van der Waals surface area contributed by atoms with Crippen molar-refractivity contribution < 1.29 is 18.6 Å². The van der Waals surface area contributed by atoms with E-state index in [0.29, 0.717) is 5.69 Å². The van der Waals surface area contributed by atoms with Crippen molar-refractivity contribution in [1.82, 2.24) is 0 Å². The van der Waals surface area contributed by atoms with Gasteiger partial charge >= 0.3 is 0 Å². The second kappa shape index (κ2) is 7.29. The molecule has 0 fully saturated rings. The van der Waals surface area contributed by atoms with E-state index in [2.05, 4.69) is 10.8 Å². The second-order valence-electron chi connectivity index (χ2n) is 7.21. The van der Waals surface area contributed by atoms with Crippen molar-refractivity contribution in [2.24, 2.45) is 0 Å². The summed E-state index contributed by atoms with van der Waals surface area (Å²) in [5, 5.41) is 20.1. The second-order valence-corrected chi connectivity index (χ2v) is 8.96. The van der Waals surface area contributed by atoms with Crippen molar-refractivity contribution >= 4 is 27.4 Å². The molecule has 29 heavy (non-hydrogen) atoms.